The molecule has 166 valence electrons. The number of hydrogen-bond acceptors (Lipinski definition) is 11. The standard InChI is InChI=1S/C14H27NO10S3/c1-27(20)7-5-3-2-4-6-10(15-25-28(21,22)23)26-14-13(19)12(18)11(17)9(8-16)24-14/h9,11-14,16-19H,2-8H2,1H3,(H,21,22,23)/b15-10-/t9-,11-,12+,13-,14+,27?/m1/s1. The second-order valence-electron chi connectivity index (χ2n) is 6.24. The Bertz CT molecular complexity index is 627. The highest BCUT2D eigenvalue weighted by atomic mass is 32.3. The Labute approximate surface area is 170 Å². The smallest absolute Gasteiger partial charge is 0.394 e. The monoisotopic (exact) mass is 465 g/mol. The summed E-state index contributed by atoms with van der Waals surface area (Å²) < 4.78 is 50.6. The van der Waals surface area contributed by atoms with Crippen LogP contribution in [0.2, 0.25) is 0 Å². The molecule has 0 amide bonds. The lowest BCUT2D eigenvalue weighted by Crippen LogP contribution is -2.57. The van der Waals surface area contributed by atoms with Gasteiger partial charge in [-0.2, -0.15) is 8.42 Å². The van der Waals surface area contributed by atoms with E-state index in [9.17, 15) is 33.1 Å². The van der Waals surface area contributed by atoms with Gasteiger partial charge in [0.25, 0.3) is 0 Å². The number of aliphatic hydroxyl groups is 4. The zero-order valence-corrected chi connectivity index (χ0v) is 17.7. The maximum atomic E-state index is 11.0. The maximum Gasteiger partial charge on any atom is 0.466 e. The van der Waals surface area contributed by atoms with Gasteiger partial charge in [0.1, 0.15) is 34.9 Å². The number of oxime groups is 1. The molecule has 1 fully saturated rings. The van der Waals surface area contributed by atoms with Crippen LogP contribution in [-0.2, 0) is 30.2 Å². The normalized spacial score (nSPS) is 30.2. The van der Waals surface area contributed by atoms with Gasteiger partial charge in [-0.05, 0) is 19.3 Å². The van der Waals surface area contributed by atoms with Gasteiger partial charge in [-0.15, -0.1) is 0 Å². The molecular formula is C14H27NO10S3. The van der Waals surface area contributed by atoms with E-state index in [4.69, 9.17) is 9.29 Å². The largest absolute Gasteiger partial charge is 0.466 e. The summed E-state index contributed by atoms with van der Waals surface area (Å²) in [5, 5.41) is 42.3. The third-order valence-electron chi connectivity index (χ3n) is 3.91. The van der Waals surface area contributed by atoms with Gasteiger partial charge in [0, 0.05) is 22.8 Å². The van der Waals surface area contributed by atoms with Gasteiger partial charge in [0.15, 0.2) is 0 Å². The Balaban J connectivity index is 2.70. The molecule has 1 aliphatic heterocycles. The van der Waals surface area contributed by atoms with Crippen molar-refractivity contribution < 1.29 is 46.6 Å². The van der Waals surface area contributed by atoms with Crippen molar-refractivity contribution in [3.63, 3.8) is 0 Å². The Kier molecular flexibility index (Phi) is 11.4. The number of nitrogens with zero attached hydrogens (tertiary/aromatic N) is 1. The number of ether oxygens (including phenoxy) is 1. The number of hydrogen-bond donors (Lipinski definition) is 5. The van der Waals surface area contributed by atoms with Gasteiger partial charge in [-0.1, -0.05) is 29.8 Å². The molecule has 6 atom stereocenters. The molecule has 1 heterocycles. The first kappa shape index (κ1) is 25.7. The highest BCUT2D eigenvalue weighted by Gasteiger charge is 2.44. The Morgan fingerprint density at radius 1 is 1.14 bits per heavy atom. The van der Waals surface area contributed by atoms with Crippen molar-refractivity contribution in [2.45, 2.75) is 62.0 Å². The molecule has 1 rings (SSSR count). The van der Waals surface area contributed by atoms with Crippen LogP contribution in [0.1, 0.15) is 32.1 Å². The first-order valence-corrected chi connectivity index (χ1v) is 12.5. The third kappa shape index (κ3) is 9.45. The van der Waals surface area contributed by atoms with E-state index in [-0.39, 0.29) is 11.5 Å². The molecule has 11 nitrogen and oxygen atoms in total. The van der Waals surface area contributed by atoms with Crippen LogP contribution in [0, 0.1) is 0 Å². The van der Waals surface area contributed by atoms with Crippen LogP contribution in [0.15, 0.2) is 5.16 Å². The predicted octanol–water partition coefficient (Wildman–Crippen LogP) is -1.02. The molecule has 1 aliphatic rings. The van der Waals surface area contributed by atoms with Crippen molar-refractivity contribution in [2.75, 3.05) is 18.6 Å². The summed E-state index contributed by atoms with van der Waals surface area (Å²) in [6.45, 7) is -0.602. The van der Waals surface area contributed by atoms with E-state index < -0.39 is 57.7 Å². The van der Waals surface area contributed by atoms with Crippen LogP contribution < -0.4 is 0 Å². The fourth-order valence-electron chi connectivity index (χ4n) is 2.45. The lowest BCUT2D eigenvalue weighted by molar-refractivity contribution is -0.205. The van der Waals surface area contributed by atoms with E-state index in [1.54, 1.807) is 6.26 Å². The first-order valence-electron chi connectivity index (χ1n) is 8.55. The summed E-state index contributed by atoms with van der Waals surface area (Å²) >= 11 is 0.754. The van der Waals surface area contributed by atoms with Gasteiger partial charge in [-0.3, -0.25) is 8.76 Å². The molecule has 5 N–H and O–H groups in total. The van der Waals surface area contributed by atoms with Gasteiger partial charge < -0.3 is 25.2 Å². The Morgan fingerprint density at radius 2 is 1.79 bits per heavy atom. The minimum atomic E-state index is -4.82. The first-order chi connectivity index (χ1) is 13.0. The minimum absolute atomic E-state index is 0.0704. The summed E-state index contributed by atoms with van der Waals surface area (Å²) in [5.41, 5.74) is -1.15. The highest BCUT2D eigenvalue weighted by Crippen LogP contribution is 2.30. The molecule has 0 spiro atoms. The Hall–Kier alpha value is -0.320. The summed E-state index contributed by atoms with van der Waals surface area (Å²) in [5.74, 6) is 0.590. The van der Waals surface area contributed by atoms with Crippen LogP contribution in [0.5, 0.6) is 0 Å². The topological polar surface area (TPSA) is 183 Å². The van der Waals surface area contributed by atoms with Crippen molar-refractivity contribution in [1.82, 2.24) is 0 Å². The van der Waals surface area contributed by atoms with Crippen LogP contribution in [0.3, 0.4) is 0 Å². The lowest BCUT2D eigenvalue weighted by Gasteiger charge is -2.39. The zero-order chi connectivity index (χ0) is 21.3. The third-order valence-corrected chi connectivity index (χ3v) is 6.21. The molecule has 28 heavy (non-hydrogen) atoms. The molecule has 1 saturated heterocycles. The van der Waals surface area contributed by atoms with Crippen molar-refractivity contribution in [1.29, 1.82) is 0 Å². The van der Waals surface area contributed by atoms with Crippen LogP contribution in [0.25, 0.3) is 0 Å². The lowest BCUT2D eigenvalue weighted by atomic mass is 10.0. The maximum absolute atomic E-state index is 11.0. The molecule has 0 aliphatic carbocycles. The summed E-state index contributed by atoms with van der Waals surface area (Å²) in [6.07, 6.45) is -1.02. The van der Waals surface area contributed by atoms with E-state index >= 15 is 0 Å². The molecule has 14 heteroatoms. The molecule has 0 aromatic carbocycles. The molecule has 0 aromatic heterocycles. The van der Waals surface area contributed by atoms with E-state index in [2.05, 4.69) is 9.44 Å². The summed E-state index contributed by atoms with van der Waals surface area (Å²) in [7, 11) is -5.69. The highest BCUT2D eigenvalue weighted by molar-refractivity contribution is 8.14. The molecule has 0 radical (unpaired) electrons. The summed E-state index contributed by atoms with van der Waals surface area (Å²) in [6, 6.07) is 0. The van der Waals surface area contributed by atoms with Crippen molar-refractivity contribution in [2.24, 2.45) is 5.16 Å². The van der Waals surface area contributed by atoms with Crippen LogP contribution in [0.4, 0.5) is 0 Å². The minimum Gasteiger partial charge on any atom is -0.394 e. The van der Waals surface area contributed by atoms with E-state index in [0.717, 1.165) is 31.0 Å². The van der Waals surface area contributed by atoms with Crippen molar-refractivity contribution >= 4 is 38.0 Å². The SMILES string of the molecule is CS(=O)CCCCCC/C(=N/OS(=O)(=O)O)S[C@@H]1O[C@H](CO)[C@@H](O)[C@H](O)[C@H]1O. The molecule has 1 unspecified atom stereocenters. The van der Waals surface area contributed by atoms with Gasteiger partial charge in [0.05, 0.1) is 6.61 Å². The van der Waals surface area contributed by atoms with Gasteiger partial charge >= 0.3 is 10.4 Å². The molecule has 0 saturated carbocycles. The van der Waals surface area contributed by atoms with E-state index in [1.807, 2.05) is 0 Å². The van der Waals surface area contributed by atoms with Crippen molar-refractivity contribution in [3.05, 3.63) is 0 Å². The van der Waals surface area contributed by atoms with Crippen LogP contribution >= 0.6 is 11.8 Å². The van der Waals surface area contributed by atoms with Gasteiger partial charge in [-0.25, -0.2) is 4.28 Å². The average Bonchev–Trinajstić information content (AvgIpc) is 2.61. The van der Waals surface area contributed by atoms with Crippen molar-refractivity contribution in [3.8, 4) is 0 Å². The molecule has 0 bridgehead atoms. The second-order valence-corrected chi connectivity index (χ2v) is 9.97. The average molecular weight is 466 g/mol. The zero-order valence-electron chi connectivity index (χ0n) is 15.3. The van der Waals surface area contributed by atoms with Crippen LogP contribution in [-0.4, -0.2) is 91.1 Å². The molecular weight excluding hydrogens is 438 g/mol. The Morgan fingerprint density at radius 3 is 2.36 bits per heavy atom. The summed E-state index contributed by atoms with van der Waals surface area (Å²) in [4.78, 5) is 0. The number of unbranched alkanes of at least 4 members (excludes halogenated alkanes) is 3. The number of aliphatic hydroxyl groups excluding tert-OH is 4. The fraction of sp³-hybridized carbons (Fsp3) is 0.929. The number of rotatable bonds is 11. The van der Waals surface area contributed by atoms with Gasteiger partial charge in [0.2, 0.25) is 0 Å². The second kappa shape index (κ2) is 12.4. The fourth-order valence-corrected chi connectivity index (χ4v) is 4.40. The predicted molar refractivity (Wildman–Crippen MR) is 103 cm³/mol. The number of thioether (sulfide) groups is 1. The van der Waals surface area contributed by atoms with E-state index in [0.29, 0.717) is 12.2 Å². The molecule has 0 aromatic rings. The van der Waals surface area contributed by atoms with E-state index in [1.165, 1.54) is 0 Å². The quantitative estimate of drug-likeness (QED) is 0.0827.